The van der Waals surface area contributed by atoms with E-state index in [1.165, 1.54) is 4.68 Å². The monoisotopic (exact) mass is 393 g/mol. The molecular weight excluding hydrogens is 375 g/mol. The van der Waals surface area contributed by atoms with Gasteiger partial charge in [-0.25, -0.2) is 14.6 Å². The van der Waals surface area contributed by atoms with Gasteiger partial charge in [0, 0.05) is 25.5 Å². The first kappa shape index (κ1) is 18.5. The molecule has 11 heteroatoms. The van der Waals surface area contributed by atoms with Crippen LogP contribution in [0, 0.1) is 0 Å². The Bertz CT molecular complexity index is 939. The highest BCUT2D eigenvalue weighted by molar-refractivity contribution is 5.82. The summed E-state index contributed by atoms with van der Waals surface area (Å²) in [7, 11) is 0. The minimum absolute atomic E-state index is 0.0185. The van der Waals surface area contributed by atoms with Gasteiger partial charge < -0.3 is 10.1 Å². The van der Waals surface area contributed by atoms with Gasteiger partial charge in [0.1, 0.15) is 0 Å². The quantitative estimate of drug-likeness (QED) is 0.688. The molecule has 0 aromatic carbocycles. The summed E-state index contributed by atoms with van der Waals surface area (Å²) in [6.07, 6.45) is 0.899. The second-order valence-electron chi connectivity index (χ2n) is 6.50. The third-order valence-corrected chi connectivity index (χ3v) is 4.47. The largest absolute Gasteiger partial charge is 0.451 e. The molecule has 0 aliphatic carbocycles. The lowest BCUT2D eigenvalue weighted by atomic mass is 10.2. The molecule has 1 saturated heterocycles. The third-order valence-electron chi connectivity index (χ3n) is 4.47. The van der Waals surface area contributed by atoms with Gasteiger partial charge in [-0.2, -0.15) is 13.2 Å². The lowest BCUT2D eigenvalue weighted by Crippen LogP contribution is -2.18. The number of hydrogen-bond donors (Lipinski definition) is 1. The van der Waals surface area contributed by atoms with Crippen molar-refractivity contribution in [3.8, 4) is 0 Å². The van der Waals surface area contributed by atoms with Gasteiger partial charge in [-0.1, -0.05) is 5.21 Å². The average Bonchev–Trinajstić information content (AvgIpc) is 3.32. The van der Waals surface area contributed by atoms with Gasteiger partial charge in [-0.15, -0.1) is 5.10 Å². The van der Waals surface area contributed by atoms with E-state index < -0.39 is 12.0 Å². The number of nitrogens with zero attached hydrogens (tertiary/aromatic N) is 6. The molecule has 8 nitrogen and oxygen atoms in total. The van der Waals surface area contributed by atoms with Crippen LogP contribution in [0.5, 0.6) is 0 Å². The number of fused-ring (bicyclic) bond motifs is 1. The molecule has 1 fully saturated rings. The van der Waals surface area contributed by atoms with Gasteiger partial charge in [-0.3, -0.25) is 4.98 Å². The molecule has 28 heavy (non-hydrogen) atoms. The van der Waals surface area contributed by atoms with Crippen molar-refractivity contribution in [1.82, 2.24) is 29.9 Å². The molecule has 0 unspecified atom stereocenters. The van der Waals surface area contributed by atoms with E-state index in [0.717, 1.165) is 18.4 Å². The van der Waals surface area contributed by atoms with Crippen molar-refractivity contribution < 1.29 is 17.9 Å². The molecule has 1 N–H and O–H groups in total. The molecule has 1 aliphatic rings. The molecule has 3 aromatic rings. The maximum atomic E-state index is 13.3. The van der Waals surface area contributed by atoms with Crippen LogP contribution < -0.4 is 5.32 Å². The number of anilines is 1. The fraction of sp³-hybridized carbons (Fsp3) is 0.471. The average molecular weight is 393 g/mol. The Labute approximate surface area is 158 Å². The molecule has 1 aliphatic heterocycles. The van der Waals surface area contributed by atoms with Gasteiger partial charge >= 0.3 is 6.18 Å². The maximum absolute atomic E-state index is 13.3. The number of alkyl halides is 3. The minimum atomic E-state index is -4.67. The molecule has 0 saturated carbocycles. The molecule has 0 radical (unpaired) electrons. The highest BCUT2D eigenvalue weighted by atomic mass is 19.4. The van der Waals surface area contributed by atoms with Crippen LogP contribution in [0.2, 0.25) is 0 Å². The zero-order valence-corrected chi connectivity index (χ0v) is 14.9. The predicted octanol–water partition coefficient (Wildman–Crippen LogP) is 2.47. The van der Waals surface area contributed by atoms with E-state index in [1.54, 1.807) is 12.4 Å². The van der Waals surface area contributed by atoms with Gasteiger partial charge in [0.25, 0.3) is 0 Å². The van der Waals surface area contributed by atoms with E-state index in [9.17, 15) is 13.2 Å². The number of hydrogen-bond acceptors (Lipinski definition) is 7. The van der Waals surface area contributed by atoms with Crippen molar-refractivity contribution in [3.05, 3.63) is 35.9 Å². The second kappa shape index (κ2) is 7.66. The summed E-state index contributed by atoms with van der Waals surface area (Å²) in [5, 5.41) is 10.9. The topological polar surface area (TPSA) is 90.6 Å². The van der Waals surface area contributed by atoms with E-state index >= 15 is 0 Å². The lowest BCUT2D eigenvalue weighted by molar-refractivity contribution is -0.144. The van der Waals surface area contributed by atoms with E-state index in [-0.39, 0.29) is 23.1 Å². The highest BCUT2D eigenvalue weighted by Gasteiger charge is 2.36. The van der Waals surface area contributed by atoms with Crippen molar-refractivity contribution in [2.75, 3.05) is 18.5 Å². The van der Waals surface area contributed by atoms with Gasteiger partial charge in [0.2, 0.25) is 5.82 Å². The lowest BCUT2D eigenvalue weighted by Gasteiger charge is -2.12. The van der Waals surface area contributed by atoms with Crippen molar-refractivity contribution in [1.29, 1.82) is 0 Å². The standard InChI is InChI=1S/C17H18F3N7O/c18-17(19,20)16-23-14(22-8-5-11-3-6-21-7-4-11)13-15(24-16)27(26-25-13)10-12-2-1-9-28-12/h3-4,6-7,12H,1-2,5,8-10H2,(H,22,23,24)/t12-/m1/s1. The Balaban J connectivity index is 1.61. The summed E-state index contributed by atoms with van der Waals surface area (Å²) >= 11 is 0. The van der Waals surface area contributed by atoms with E-state index in [2.05, 4.69) is 30.6 Å². The molecule has 4 rings (SSSR count). The summed E-state index contributed by atoms with van der Waals surface area (Å²) in [5.74, 6) is -1.20. The SMILES string of the molecule is FC(F)(F)c1nc(NCCc2ccncc2)c2nnn(C[C@H]3CCCO3)c2n1. The Morgan fingerprint density at radius 2 is 2.04 bits per heavy atom. The summed E-state index contributed by atoms with van der Waals surface area (Å²) in [6, 6.07) is 3.69. The summed E-state index contributed by atoms with van der Waals surface area (Å²) in [4.78, 5) is 11.3. The van der Waals surface area contributed by atoms with Crippen molar-refractivity contribution in [2.24, 2.45) is 0 Å². The van der Waals surface area contributed by atoms with Crippen LogP contribution in [-0.4, -0.2) is 49.2 Å². The second-order valence-corrected chi connectivity index (χ2v) is 6.50. The van der Waals surface area contributed by atoms with E-state index in [4.69, 9.17) is 4.74 Å². The van der Waals surface area contributed by atoms with Crippen LogP contribution in [0.1, 0.15) is 24.2 Å². The fourth-order valence-corrected chi connectivity index (χ4v) is 3.09. The predicted molar refractivity (Wildman–Crippen MR) is 93.5 cm³/mol. The molecule has 0 amide bonds. The molecule has 0 bridgehead atoms. The van der Waals surface area contributed by atoms with Gasteiger partial charge in [0.15, 0.2) is 17.0 Å². The molecule has 4 heterocycles. The fourth-order valence-electron chi connectivity index (χ4n) is 3.09. The van der Waals surface area contributed by atoms with Crippen molar-refractivity contribution >= 4 is 17.0 Å². The van der Waals surface area contributed by atoms with Crippen LogP contribution in [0.15, 0.2) is 24.5 Å². The molecule has 1 atom stereocenters. The van der Waals surface area contributed by atoms with E-state index in [0.29, 0.717) is 26.1 Å². The van der Waals surface area contributed by atoms with Crippen LogP contribution in [0.3, 0.4) is 0 Å². The van der Waals surface area contributed by atoms with Crippen LogP contribution in [0.25, 0.3) is 11.2 Å². The van der Waals surface area contributed by atoms with Gasteiger partial charge in [-0.05, 0) is 37.0 Å². The normalized spacial score (nSPS) is 17.3. The molecule has 148 valence electrons. The number of halogens is 3. The summed E-state index contributed by atoms with van der Waals surface area (Å²) in [5.41, 5.74) is 1.26. The van der Waals surface area contributed by atoms with Crippen molar-refractivity contribution in [3.63, 3.8) is 0 Å². The summed E-state index contributed by atoms with van der Waals surface area (Å²) in [6.45, 7) is 1.33. The smallest absolute Gasteiger partial charge is 0.376 e. The Morgan fingerprint density at radius 3 is 2.75 bits per heavy atom. The minimum Gasteiger partial charge on any atom is -0.376 e. The number of ether oxygens (including phenoxy) is 1. The van der Waals surface area contributed by atoms with Crippen LogP contribution in [0.4, 0.5) is 19.0 Å². The number of aromatic nitrogens is 6. The number of rotatable bonds is 6. The van der Waals surface area contributed by atoms with Crippen LogP contribution in [-0.2, 0) is 23.9 Å². The van der Waals surface area contributed by atoms with Crippen LogP contribution >= 0.6 is 0 Å². The molecule has 3 aromatic heterocycles. The zero-order valence-electron chi connectivity index (χ0n) is 14.9. The Kier molecular flexibility index (Phi) is 5.07. The first-order valence-corrected chi connectivity index (χ1v) is 8.93. The third kappa shape index (κ3) is 4.03. The Morgan fingerprint density at radius 1 is 1.21 bits per heavy atom. The zero-order chi connectivity index (χ0) is 19.6. The summed E-state index contributed by atoms with van der Waals surface area (Å²) < 4.78 is 46.8. The number of nitrogens with one attached hydrogen (secondary N) is 1. The molecular formula is C17H18F3N7O. The maximum Gasteiger partial charge on any atom is 0.451 e. The van der Waals surface area contributed by atoms with Crippen molar-refractivity contribution in [2.45, 2.75) is 38.1 Å². The number of pyridine rings is 1. The Hall–Kier alpha value is -2.82. The first-order valence-electron chi connectivity index (χ1n) is 8.93. The first-order chi connectivity index (χ1) is 13.5. The van der Waals surface area contributed by atoms with E-state index in [1.807, 2.05) is 12.1 Å². The highest BCUT2D eigenvalue weighted by Crippen LogP contribution is 2.30. The van der Waals surface area contributed by atoms with Gasteiger partial charge in [0.05, 0.1) is 12.6 Å². The molecule has 0 spiro atoms.